The predicted octanol–water partition coefficient (Wildman–Crippen LogP) is 2.13. The summed E-state index contributed by atoms with van der Waals surface area (Å²) in [5, 5.41) is 0. The van der Waals surface area contributed by atoms with Gasteiger partial charge in [-0.3, -0.25) is 14.7 Å². The second-order valence-electron chi connectivity index (χ2n) is 8.44. The molecule has 166 valence electrons. The average molecular weight is 444 g/mol. The molecule has 9 heteroatoms. The normalized spacial score (nSPS) is 18.8. The van der Waals surface area contributed by atoms with Crippen LogP contribution < -0.4 is 0 Å². The molecule has 0 saturated carbocycles. The summed E-state index contributed by atoms with van der Waals surface area (Å²) in [6, 6.07) is 3.61. The molecule has 1 amide bonds. The predicted molar refractivity (Wildman–Crippen MR) is 117 cm³/mol. The first-order chi connectivity index (χ1) is 14.9. The monoisotopic (exact) mass is 443 g/mol. The second-order valence-corrected chi connectivity index (χ2v) is 10.4. The summed E-state index contributed by atoms with van der Waals surface area (Å²) < 4.78 is 24.8. The minimum absolute atomic E-state index is 0.0210. The van der Waals surface area contributed by atoms with Gasteiger partial charge >= 0.3 is 0 Å². The van der Waals surface area contributed by atoms with Gasteiger partial charge < -0.3 is 4.90 Å². The van der Waals surface area contributed by atoms with Gasteiger partial charge in [-0.1, -0.05) is 6.42 Å². The zero-order valence-electron chi connectivity index (χ0n) is 17.9. The Kier molecular flexibility index (Phi) is 6.62. The molecule has 0 atom stereocenters. The molecule has 4 rings (SSSR count). The number of piperidine rings is 2. The molecule has 2 fully saturated rings. The minimum atomic E-state index is -3.46. The molecular formula is C22H29N5O3S. The number of hydrogen-bond acceptors (Lipinski definition) is 7. The van der Waals surface area contributed by atoms with E-state index in [1.807, 2.05) is 4.90 Å². The Morgan fingerprint density at radius 3 is 2.39 bits per heavy atom. The lowest BCUT2D eigenvalue weighted by molar-refractivity contribution is -0.133. The molecule has 2 aliphatic rings. The highest BCUT2D eigenvalue weighted by molar-refractivity contribution is 7.90. The summed E-state index contributed by atoms with van der Waals surface area (Å²) in [5.41, 5.74) is 1.36. The van der Waals surface area contributed by atoms with Crippen molar-refractivity contribution in [3.8, 4) is 11.4 Å². The number of rotatable bonds is 5. The topological polar surface area (TPSA) is 96.4 Å². The number of sulfone groups is 1. The Morgan fingerprint density at radius 1 is 1.06 bits per heavy atom. The van der Waals surface area contributed by atoms with Gasteiger partial charge in [-0.25, -0.2) is 18.4 Å². The first kappa shape index (κ1) is 21.8. The highest BCUT2D eigenvalue weighted by Crippen LogP contribution is 2.32. The fraction of sp³-hybridized carbons (Fsp3) is 0.545. The maximum Gasteiger partial charge on any atom is 0.236 e. The number of carbonyl (C=O) groups excluding carboxylic acids is 1. The van der Waals surface area contributed by atoms with E-state index in [4.69, 9.17) is 0 Å². The van der Waals surface area contributed by atoms with E-state index >= 15 is 0 Å². The molecule has 8 nitrogen and oxygen atoms in total. The zero-order chi connectivity index (χ0) is 21.8. The maximum atomic E-state index is 12.7. The smallest absolute Gasteiger partial charge is 0.236 e. The minimum Gasteiger partial charge on any atom is -0.342 e. The van der Waals surface area contributed by atoms with Crippen molar-refractivity contribution in [2.75, 3.05) is 39.0 Å². The van der Waals surface area contributed by atoms with E-state index in [-0.39, 0.29) is 16.7 Å². The lowest BCUT2D eigenvalue weighted by Crippen LogP contribution is -2.45. The van der Waals surface area contributed by atoms with E-state index < -0.39 is 9.84 Å². The highest BCUT2D eigenvalue weighted by atomic mass is 32.2. The third-order valence-corrected chi connectivity index (χ3v) is 7.28. The number of pyridine rings is 1. The lowest BCUT2D eigenvalue weighted by Gasteiger charge is -2.34. The van der Waals surface area contributed by atoms with Crippen LogP contribution in [0, 0.1) is 0 Å². The molecule has 0 bridgehead atoms. The third kappa shape index (κ3) is 5.27. The largest absolute Gasteiger partial charge is 0.342 e. The first-order valence-corrected chi connectivity index (χ1v) is 12.8. The fourth-order valence-electron chi connectivity index (χ4n) is 4.41. The molecule has 31 heavy (non-hydrogen) atoms. The van der Waals surface area contributed by atoms with Gasteiger partial charge in [0.15, 0.2) is 15.7 Å². The van der Waals surface area contributed by atoms with E-state index in [0.717, 1.165) is 31.5 Å². The quantitative estimate of drug-likeness (QED) is 0.698. The van der Waals surface area contributed by atoms with Crippen LogP contribution in [-0.2, 0) is 14.6 Å². The Labute approximate surface area is 183 Å². The van der Waals surface area contributed by atoms with Crippen molar-refractivity contribution in [3.63, 3.8) is 0 Å². The Balaban J connectivity index is 1.49. The molecule has 0 aromatic carbocycles. The molecule has 2 aromatic heterocycles. The van der Waals surface area contributed by atoms with Crippen LogP contribution in [0.4, 0.5) is 0 Å². The third-order valence-electron chi connectivity index (χ3n) is 6.16. The van der Waals surface area contributed by atoms with E-state index in [2.05, 4.69) is 19.9 Å². The van der Waals surface area contributed by atoms with Gasteiger partial charge in [-0.15, -0.1) is 0 Å². The van der Waals surface area contributed by atoms with Gasteiger partial charge in [0.05, 0.1) is 12.2 Å². The summed E-state index contributed by atoms with van der Waals surface area (Å²) in [6.07, 6.45) is 10.9. The summed E-state index contributed by atoms with van der Waals surface area (Å²) in [4.78, 5) is 30.0. The van der Waals surface area contributed by atoms with Gasteiger partial charge in [0.25, 0.3) is 0 Å². The van der Waals surface area contributed by atoms with Crippen LogP contribution in [0.15, 0.2) is 35.6 Å². The standard InChI is InChI=1S/C22H29N5O3S/c1-31(29,30)19-15-24-22(18-5-9-23-10-6-18)25-21(19)17-7-13-27(14-8-17)20(28)16-26-11-3-2-4-12-26/h5-6,9-10,15,17H,2-4,7-8,11-14,16H2,1H3. The van der Waals surface area contributed by atoms with Crippen molar-refractivity contribution >= 4 is 15.7 Å². The summed E-state index contributed by atoms with van der Waals surface area (Å²) >= 11 is 0. The second kappa shape index (κ2) is 9.40. The molecule has 2 aliphatic heterocycles. The lowest BCUT2D eigenvalue weighted by atomic mass is 9.93. The van der Waals surface area contributed by atoms with Crippen molar-refractivity contribution < 1.29 is 13.2 Å². The van der Waals surface area contributed by atoms with Crippen LogP contribution in [-0.4, -0.2) is 78.1 Å². The molecule has 0 radical (unpaired) electrons. The maximum absolute atomic E-state index is 12.7. The molecule has 0 spiro atoms. The van der Waals surface area contributed by atoms with Crippen LogP contribution in [0.25, 0.3) is 11.4 Å². The van der Waals surface area contributed by atoms with Gasteiger partial charge in [-0.05, 0) is 50.9 Å². The van der Waals surface area contributed by atoms with Gasteiger partial charge in [0, 0.05) is 49.4 Å². The molecule has 0 N–H and O–H groups in total. The molecule has 0 unspecified atom stereocenters. The van der Waals surface area contributed by atoms with Crippen molar-refractivity contribution in [1.29, 1.82) is 0 Å². The van der Waals surface area contributed by atoms with Crippen LogP contribution in [0.2, 0.25) is 0 Å². The average Bonchev–Trinajstić information content (AvgIpc) is 2.79. The molecule has 0 aliphatic carbocycles. The summed E-state index contributed by atoms with van der Waals surface area (Å²) in [5.74, 6) is 0.643. The summed E-state index contributed by atoms with van der Waals surface area (Å²) in [6.45, 7) is 3.72. The number of likely N-dealkylation sites (tertiary alicyclic amines) is 2. The van der Waals surface area contributed by atoms with E-state index in [9.17, 15) is 13.2 Å². The SMILES string of the molecule is CS(=O)(=O)c1cnc(-c2ccncc2)nc1C1CCN(C(=O)CN2CCCCC2)CC1. The van der Waals surface area contributed by atoms with Crippen molar-refractivity contribution in [2.24, 2.45) is 0 Å². The Bertz CT molecular complexity index is 1010. The molecular weight excluding hydrogens is 414 g/mol. The molecule has 2 aromatic rings. The van der Waals surface area contributed by atoms with Crippen molar-refractivity contribution in [2.45, 2.75) is 42.9 Å². The van der Waals surface area contributed by atoms with Crippen LogP contribution in [0.5, 0.6) is 0 Å². The van der Waals surface area contributed by atoms with Crippen LogP contribution in [0.3, 0.4) is 0 Å². The number of amides is 1. The van der Waals surface area contributed by atoms with Crippen molar-refractivity contribution in [3.05, 3.63) is 36.4 Å². The van der Waals surface area contributed by atoms with E-state index in [1.165, 1.54) is 18.9 Å². The van der Waals surface area contributed by atoms with Gasteiger partial charge in [0.2, 0.25) is 5.91 Å². The van der Waals surface area contributed by atoms with Crippen LogP contribution >= 0.6 is 0 Å². The Hall–Kier alpha value is -2.39. The van der Waals surface area contributed by atoms with Gasteiger partial charge in [-0.2, -0.15) is 0 Å². The fourth-order valence-corrected chi connectivity index (χ4v) is 5.25. The Morgan fingerprint density at radius 2 is 1.74 bits per heavy atom. The van der Waals surface area contributed by atoms with Crippen LogP contribution in [0.1, 0.15) is 43.7 Å². The number of nitrogens with zero attached hydrogens (tertiary/aromatic N) is 5. The first-order valence-electron chi connectivity index (χ1n) is 10.9. The number of hydrogen-bond donors (Lipinski definition) is 0. The molecule has 4 heterocycles. The molecule has 2 saturated heterocycles. The number of carbonyl (C=O) groups is 1. The number of aromatic nitrogens is 3. The van der Waals surface area contributed by atoms with Crippen molar-refractivity contribution in [1.82, 2.24) is 24.8 Å². The van der Waals surface area contributed by atoms with E-state index in [1.54, 1.807) is 24.5 Å². The van der Waals surface area contributed by atoms with Gasteiger partial charge in [0.1, 0.15) is 4.90 Å². The highest BCUT2D eigenvalue weighted by Gasteiger charge is 2.30. The summed E-state index contributed by atoms with van der Waals surface area (Å²) in [7, 11) is -3.46. The zero-order valence-corrected chi connectivity index (χ0v) is 18.7. The van der Waals surface area contributed by atoms with E-state index in [0.29, 0.717) is 44.0 Å².